The van der Waals surface area contributed by atoms with Gasteiger partial charge in [0.2, 0.25) is 0 Å². The molecule has 2 N–H and O–H groups in total. The second-order valence-electron chi connectivity index (χ2n) is 7.43. The van der Waals surface area contributed by atoms with Crippen molar-refractivity contribution in [3.8, 4) is 0 Å². The number of fused-ring (bicyclic) bond motifs is 1. The van der Waals surface area contributed by atoms with E-state index in [0.29, 0.717) is 35.8 Å². The van der Waals surface area contributed by atoms with Crippen molar-refractivity contribution in [2.24, 2.45) is 5.92 Å². The summed E-state index contributed by atoms with van der Waals surface area (Å²) in [5.41, 5.74) is 2.08. The lowest BCUT2D eigenvalue weighted by Gasteiger charge is -2.30. The lowest BCUT2D eigenvalue weighted by molar-refractivity contribution is 0.0697. The summed E-state index contributed by atoms with van der Waals surface area (Å²) in [6.07, 6.45) is 4.41. The molecule has 3 heterocycles. The number of benzene rings is 1. The molecule has 1 amide bonds. The van der Waals surface area contributed by atoms with Gasteiger partial charge in [0.15, 0.2) is 0 Å². The summed E-state index contributed by atoms with van der Waals surface area (Å²) < 4.78 is 13.2. The molecule has 1 fully saturated rings. The molecule has 0 aliphatic carbocycles. The van der Waals surface area contributed by atoms with E-state index >= 15 is 0 Å². The van der Waals surface area contributed by atoms with Gasteiger partial charge in [-0.3, -0.25) is 4.79 Å². The number of amides is 1. The number of likely N-dealkylation sites (tertiary alicyclic amines) is 1. The summed E-state index contributed by atoms with van der Waals surface area (Å²) in [6, 6.07) is 8.16. The molecule has 1 aliphatic heterocycles. The maximum atomic E-state index is 13.2. The molecule has 0 bridgehead atoms. The molecule has 6 nitrogen and oxygen atoms in total. The van der Waals surface area contributed by atoms with Gasteiger partial charge in [0.05, 0.1) is 16.6 Å². The molecule has 1 saturated heterocycles. The number of anilines is 1. The Morgan fingerprint density at radius 2 is 2.11 bits per heavy atom. The highest BCUT2D eigenvalue weighted by atomic mass is 19.1. The fourth-order valence-electron chi connectivity index (χ4n) is 3.48. The average Bonchev–Trinajstić information content (AvgIpc) is 3.10. The van der Waals surface area contributed by atoms with Gasteiger partial charge in [-0.15, -0.1) is 0 Å². The number of nitrogens with one attached hydrogen (secondary N) is 2. The Morgan fingerprint density at radius 1 is 1.29 bits per heavy atom. The minimum atomic E-state index is -0.279. The van der Waals surface area contributed by atoms with Crippen molar-refractivity contribution in [3.63, 3.8) is 0 Å². The highest BCUT2D eigenvalue weighted by molar-refractivity contribution is 5.94. The van der Waals surface area contributed by atoms with Gasteiger partial charge in [-0.05, 0) is 49.1 Å². The summed E-state index contributed by atoms with van der Waals surface area (Å²) in [6.45, 7) is 4.50. The Bertz CT molecular complexity index is 961. The SMILES string of the molecule is CC1CCN(C(=O)c2ccc(NCCc3nc4ccc(F)cc4[nH]3)nc2)CC1. The number of imidazole rings is 1. The third-order valence-corrected chi connectivity index (χ3v) is 5.24. The zero-order valence-electron chi connectivity index (χ0n) is 15.9. The molecule has 4 rings (SSSR count). The summed E-state index contributed by atoms with van der Waals surface area (Å²) in [5, 5.41) is 3.23. The lowest BCUT2D eigenvalue weighted by atomic mass is 9.99. The molecule has 146 valence electrons. The normalized spacial score (nSPS) is 15.1. The van der Waals surface area contributed by atoms with Gasteiger partial charge in [0, 0.05) is 32.3 Å². The average molecular weight is 381 g/mol. The number of carbonyl (C=O) groups is 1. The fourth-order valence-corrected chi connectivity index (χ4v) is 3.48. The number of pyridine rings is 1. The molecular weight excluding hydrogens is 357 g/mol. The lowest BCUT2D eigenvalue weighted by Crippen LogP contribution is -2.37. The predicted molar refractivity (Wildman–Crippen MR) is 107 cm³/mol. The number of H-pyrrole nitrogens is 1. The molecule has 0 spiro atoms. The van der Waals surface area contributed by atoms with E-state index in [9.17, 15) is 9.18 Å². The topological polar surface area (TPSA) is 73.9 Å². The molecule has 1 aromatic carbocycles. The van der Waals surface area contributed by atoms with Gasteiger partial charge in [0.25, 0.3) is 5.91 Å². The van der Waals surface area contributed by atoms with Gasteiger partial charge in [-0.2, -0.15) is 0 Å². The van der Waals surface area contributed by atoms with Crippen LogP contribution in [0.5, 0.6) is 0 Å². The van der Waals surface area contributed by atoms with Crippen LogP contribution in [0.15, 0.2) is 36.5 Å². The van der Waals surface area contributed by atoms with Crippen LogP contribution >= 0.6 is 0 Å². The first-order chi connectivity index (χ1) is 13.6. The number of aromatic amines is 1. The van der Waals surface area contributed by atoms with Gasteiger partial charge in [-0.25, -0.2) is 14.4 Å². The molecule has 1 aliphatic rings. The van der Waals surface area contributed by atoms with E-state index in [1.54, 1.807) is 12.3 Å². The number of hydrogen-bond donors (Lipinski definition) is 2. The van der Waals surface area contributed by atoms with E-state index in [-0.39, 0.29) is 11.7 Å². The number of rotatable bonds is 5. The highest BCUT2D eigenvalue weighted by Crippen LogP contribution is 2.18. The second-order valence-corrected chi connectivity index (χ2v) is 7.43. The number of piperidine rings is 1. The molecule has 28 heavy (non-hydrogen) atoms. The van der Waals surface area contributed by atoms with E-state index in [4.69, 9.17) is 0 Å². The largest absolute Gasteiger partial charge is 0.370 e. The van der Waals surface area contributed by atoms with Crippen molar-refractivity contribution in [2.45, 2.75) is 26.2 Å². The first kappa shape index (κ1) is 18.4. The third-order valence-electron chi connectivity index (χ3n) is 5.24. The predicted octanol–water partition coefficient (Wildman–Crippen LogP) is 3.62. The fraction of sp³-hybridized carbons (Fsp3) is 0.381. The van der Waals surface area contributed by atoms with Crippen molar-refractivity contribution in [1.29, 1.82) is 0 Å². The standard InChI is InChI=1S/C21H24FN5O/c1-14-7-10-27(11-8-14)21(28)15-2-5-19(24-13-15)23-9-6-20-25-17-4-3-16(22)12-18(17)26-20/h2-5,12-14H,6-11H2,1H3,(H,23,24)(H,25,26). The number of nitrogens with zero attached hydrogens (tertiary/aromatic N) is 3. The minimum Gasteiger partial charge on any atom is -0.370 e. The maximum absolute atomic E-state index is 13.2. The van der Waals surface area contributed by atoms with Crippen LogP contribution in [0, 0.1) is 11.7 Å². The second kappa shape index (κ2) is 7.96. The Hall–Kier alpha value is -2.96. The molecule has 7 heteroatoms. The number of aromatic nitrogens is 3. The van der Waals surface area contributed by atoms with Crippen LogP contribution in [-0.4, -0.2) is 45.4 Å². The molecular formula is C21H24FN5O. The van der Waals surface area contributed by atoms with Gasteiger partial charge < -0.3 is 15.2 Å². The number of hydrogen-bond acceptors (Lipinski definition) is 4. The van der Waals surface area contributed by atoms with Crippen LogP contribution in [0.3, 0.4) is 0 Å². The molecule has 3 aromatic rings. The summed E-state index contributed by atoms with van der Waals surface area (Å²) >= 11 is 0. The van der Waals surface area contributed by atoms with Crippen molar-refractivity contribution < 1.29 is 9.18 Å². The number of carbonyl (C=O) groups excluding carboxylic acids is 1. The number of halogens is 1. The zero-order chi connectivity index (χ0) is 19.5. The van der Waals surface area contributed by atoms with Crippen LogP contribution in [0.2, 0.25) is 0 Å². The minimum absolute atomic E-state index is 0.0560. The van der Waals surface area contributed by atoms with Gasteiger partial charge in [-0.1, -0.05) is 6.92 Å². The van der Waals surface area contributed by atoms with E-state index in [0.717, 1.165) is 37.3 Å². The molecule has 2 aromatic heterocycles. The Balaban J connectivity index is 1.31. The van der Waals surface area contributed by atoms with Crippen LogP contribution in [0.4, 0.5) is 10.2 Å². The quantitative estimate of drug-likeness (QED) is 0.708. The highest BCUT2D eigenvalue weighted by Gasteiger charge is 2.21. The van der Waals surface area contributed by atoms with Crippen molar-refractivity contribution in [3.05, 3.63) is 53.7 Å². The zero-order valence-corrected chi connectivity index (χ0v) is 15.9. The Morgan fingerprint density at radius 3 is 2.86 bits per heavy atom. The molecule has 0 unspecified atom stereocenters. The molecule has 0 atom stereocenters. The maximum Gasteiger partial charge on any atom is 0.255 e. The summed E-state index contributed by atoms with van der Waals surface area (Å²) in [5.74, 6) is 1.98. The van der Waals surface area contributed by atoms with Crippen LogP contribution < -0.4 is 5.32 Å². The summed E-state index contributed by atoms with van der Waals surface area (Å²) in [4.78, 5) is 26.4. The van der Waals surface area contributed by atoms with Crippen molar-refractivity contribution in [1.82, 2.24) is 19.9 Å². The van der Waals surface area contributed by atoms with Crippen LogP contribution in [0.1, 0.15) is 35.9 Å². The van der Waals surface area contributed by atoms with E-state index in [1.807, 2.05) is 17.0 Å². The molecule has 0 radical (unpaired) electrons. The first-order valence-corrected chi connectivity index (χ1v) is 9.72. The Labute approximate surface area is 163 Å². The van der Waals surface area contributed by atoms with Crippen molar-refractivity contribution in [2.75, 3.05) is 25.0 Å². The van der Waals surface area contributed by atoms with Crippen LogP contribution in [0.25, 0.3) is 11.0 Å². The first-order valence-electron chi connectivity index (χ1n) is 9.72. The van der Waals surface area contributed by atoms with E-state index in [2.05, 4.69) is 27.2 Å². The Kier molecular flexibility index (Phi) is 5.23. The van der Waals surface area contributed by atoms with Gasteiger partial charge in [0.1, 0.15) is 17.5 Å². The third kappa shape index (κ3) is 4.13. The van der Waals surface area contributed by atoms with E-state index < -0.39 is 0 Å². The van der Waals surface area contributed by atoms with E-state index in [1.165, 1.54) is 12.1 Å². The monoisotopic (exact) mass is 381 g/mol. The molecule has 0 saturated carbocycles. The van der Waals surface area contributed by atoms with Gasteiger partial charge >= 0.3 is 0 Å². The van der Waals surface area contributed by atoms with Crippen LogP contribution in [-0.2, 0) is 6.42 Å². The summed E-state index contributed by atoms with van der Waals surface area (Å²) in [7, 11) is 0. The van der Waals surface area contributed by atoms with Crippen molar-refractivity contribution >= 4 is 22.8 Å². The smallest absolute Gasteiger partial charge is 0.255 e.